The third-order valence-electron chi connectivity index (χ3n) is 3.77. The quantitative estimate of drug-likeness (QED) is 0.721. The van der Waals surface area contributed by atoms with Crippen molar-refractivity contribution in [1.29, 1.82) is 0 Å². The molecule has 0 saturated heterocycles. The largest absolute Gasteiger partial charge is 0.458 e. The maximum Gasteiger partial charge on any atom is 0.458 e. The highest BCUT2D eigenvalue weighted by Gasteiger charge is 2.58. The molecule has 2 aromatic carbocycles. The first-order valence-electron chi connectivity index (χ1n) is 7.27. The topological polar surface area (TPSA) is 43.1 Å². The van der Waals surface area contributed by atoms with Gasteiger partial charge in [-0.05, 0) is 29.7 Å². The van der Waals surface area contributed by atoms with Gasteiger partial charge in [0, 0.05) is 11.1 Å². The van der Waals surface area contributed by atoms with Crippen LogP contribution < -0.4 is 5.73 Å². The molecule has 0 aromatic heterocycles. The third kappa shape index (κ3) is 4.37. The average molecular weight is 397 g/mol. The summed E-state index contributed by atoms with van der Waals surface area (Å²) in [5, 5.41) is 0. The van der Waals surface area contributed by atoms with E-state index in [0.29, 0.717) is 24.3 Å². The maximum absolute atomic E-state index is 13.3. The molecule has 0 radical (unpaired) electrons. The molecule has 27 heavy (non-hydrogen) atoms. The summed E-state index contributed by atoms with van der Waals surface area (Å²) in [7, 11) is 0. The van der Waals surface area contributed by atoms with Crippen molar-refractivity contribution in [3.8, 4) is 0 Å². The summed E-state index contributed by atoms with van der Waals surface area (Å²) < 4.78 is 102. The molecule has 0 atom stereocenters. The van der Waals surface area contributed by atoms with Crippen LogP contribution in [0, 0.1) is 0 Å². The number of halogens is 8. The van der Waals surface area contributed by atoms with Crippen LogP contribution in [0.1, 0.15) is 32.6 Å². The second-order valence-corrected chi connectivity index (χ2v) is 5.68. The zero-order valence-corrected chi connectivity index (χ0v) is 13.3. The van der Waals surface area contributed by atoms with Gasteiger partial charge < -0.3 is 5.73 Å². The van der Waals surface area contributed by atoms with Crippen LogP contribution in [0.4, 0.5) is 35.1 Å². The lowest BCUT2D eigenvalue weighted by Gasteiger charge is -2.20. The van der Waals surface area contributed by atoms with Crippen molar-refractivity contribution in [2.24, 2.45) is 5.73 Å². The van der Waals surface area contributed by atoms with Crippen molar-refractivity contribution in [3.63, 3.8) is 0 Å². The molecule has 0 unspecified atom stereocenters. The predicted octanol–water partition coefficient (Wildman–Crippen LogP) is 5.05. The van der Waals surface area contributed by atoms with E-state index >= 15 is 0 Å². The molecular formula is C17H11F8NO. The summed E-state index contributed by atoms with van der Waals surface area (Å²) >= 11 is 0. The number of rotatable bonds is 4. The molecule has 2 nitrogen and oxygen atoms in total. The van der Waals surface area contributed by atoms with Crippen molar-refractivity contribution >= 4 is 5.91 Å². The molecule has 0 fully saturated rings. The van der Waals surface area contributed by atoms with Gasteiger partial charge in [-0.15, -0.1) is 0 Å². The van der Waals surface area contributed by atoms with Crippen LogP contribution in [0.3, 0.4) is 0 Å². The lowest BCUT2D eigenvalue weighted by atomic mass is 9.96. The Morgan fingerprint density at radius 3 is 1.78 bits per heavy atom. The number of hydrogen-bond acceptors (Lipinski definition) is 1. The Morgan fingerprint density at radius 2 is 1.33 bits per heavy atom. The van der Waals surface area contributed by atoms with E-state index in [9.17, 15) is 39.9 Å². The van der Waals surface area contributed by atoms with Crippen LogP contribution in [0.5, 0.6) is 0 Å². The minimum Gasteiger partial charge on any atom is -0.366 e. The highest BCUT2D eigenvalue weighted by Crippen LogP contribution is 2.43. The fourth-order valence-corrected chi connectivity index (χ4v) is 2.35. The second kappa shape index (κ2) is 6.82. The number of amides is 1. The van der Waals surface area contributed by atoms with Crippen molar-refractivity contribution < 1.29 is 39.9 Å². The van der Waals surface area contributed by atoms with Gasteiger partial charge in [0.25, 0.3) is 0 Å². The van der Waals surface area contributed by atoms with Crippen molar-refractivity contribution in [2.45, 2.75) is 24.7 Å². The monoisotopic (exact) mass is 397 g/mol. The Balaban J connectivity index is 2.34. The lowest BCUT2D eigenvalue weighted by Crippen LogP contribution is -2.33. The summed E-state index contributed by atoms with van der Waals surface area (Å²) in [6.45, 7) is 0. The Labute approximate surface area is 147 Å². The summed E-state index contributed by atoms with van der Waals surface area (Å²) in [6.07, 6.45) is -10.6. The fraction of sp³-hybridized carbons (Fsp3) is 0.235. The van der Waals surface area contributed by atoms with Gasteiger partial charge in [0.15, 0.2) is 0 Å². The lowest BCUT2D eigenvalue weighted by molar-refractivity contribution is -0.289. The zero-order valence-electron chi connectivity index (χ0n) is 13.3. The molecule has 2 rings (SSSR count). The molecule has 10 heteroatoms. The Kier molecular flexibility index (Phi) is 5.22. The van der Waals surface area contributed by atoms with Gasteiger partial charge in [-0.2, -0.15) is 35.1 Å². The Morgan fingerprint density at radius 1 is 0.815 bits per heavy atom. The molecule has 0 saturated carbocycles. The number of alkyl halides is 8. The van der Waals surface area contributed by atoms with E-state index in [1.165, 1.54) is 0 Å². The molecule has 0 aliphatic rings. The molecule has 1 amide bonds. The van der Waals surface area contributed by atoms with Gasteiger partial charge in [0.1, 0.15) is 0 Å². The van der Waals surface area contributed by atoms with Crippen LogP contribution in [0.2, 0.25) is 0 Å². The molecule has 0 bridgehead atoms. The van der Waals surface area contributed by atoms with Gasteiger partial charge in [0.05, 0.1) is 5.56 Å². The van der Waals surface area contributed by atoms with E-state index in [1.807, 2.05) is 0 Å². The molecule has 0 heterocycles. The summed E-state index contributed by atoms with van der Waals surface area (Å²) in [5.74, 6) is -6.17. The van der Waals surface area contributed by atoms with Crippen LogP contribution in [0.25, 0.3) is 0 Å². The first-order valence-corrected chi connectivity index (χ1v) is 7.27. The molecular weight excluding hydrogens is 386 g/mol. The minimum absolute atomic E-state index is 0.0748. The Hall–Kier alpha value is -2.65. The van der Waals surface area contributed by atoms with E-state index in [4.69, 9.17) is 5.73 Å². The Bertz CT molecular complexity index is 837. The number of primary amides is 1. The number of carbonyl (C=O) groups is 1. The SMILES string of the molecule is NC(=O)c1cc(C(F)(F)F)ccc1Cc1ccc(C(F)(F)C(F)(F)F)cc1. The van der Waals surface area contributed by atoms with Crippen LogP contribution >= 0.6 is 0 Å². The molecule has 2 N–H and O–H groups in total. The van der Waals surface area contributed by atoms with E-state index in [1.54, 1.807) is 0 Å². The van der Waals surface area contributed by atoms with E-state index in [2.05, 4.69) is 0 Å². The van der Waals surface area contributed by atoms with E-state index in [0.717, 1.165) is 18.2 Å². The first-order chi connectivity index (χ1) is 12.2. The third-order valence-corrected chi connectivity index (χ3v) is 3.77. The summed E-state index contributed by atoms with van der Waals surface area (Å²) in [4.78, 5) is 11.4. The average Bonchev–Trinajstić information content (AvgIpc) is 2.53. The van der Waals surface area contributed by atoms with Gasteiger partial charge in [0.2, 0.25) is 5.91 Å². The predicted molar refractivity (Wildman–Crippen MR) is 79.2 cm³/mol. The fourth-order valence-electron chi connectivity index (χ4n) is 2.35. The van der Waals surface area contributed by atoms with Gasteiger partial charge in [-0.1, -0.05) is 30.3 Å². The zero-order chi connectivity index (χ0) is 20.6. The molecule has 2 aromatic rings. The standard InChI is InChI=1S/C17H11F8NO/c18-15(19,17(23,24)25)11-4-1-9(2-5-11)7-10-3-6-12(16(20,21)22)8-13(10)14(26)27/h1-6,8H,7H2,(H2,26,27). The second-order valence-electron chi connectivity index (χ2n) is 5.68. The highest BCUT2D eigenvalue weighted by molar-refractivity contribution is 5.94. The maximum atomic E-state index is 13.3. The van der Waals surface area contributed by atoms with Crippen molar-refractivity contribution in [1.82, 2.24) is 0 Å². The van der Waals surface area contributed by atoms with Gasteiger partial charge in [-0.3, -0.25) is 4.79 Å². The number of nitrogens with two attached hydrogens (primary N) is 1. The molecule has 0 aliphatic carbocycles. The van der Waals surface area contributed by atoms with Gasteiger partial charge >= 0.3 is 18.3 Å². The highest BCUT2D eigenvalue weighted by atomic mass is 19.4. The van der Waals surface area contributed by atoms with E-state index < -0.39 is 40.9 Å². The van der Waals surface area contributed by atoms with Crippen molar-refractivity contribution in [2.75, 3.05) is 0 Å². The number of carbonyl (C=O) groups excluding carboxylic acids is 1. The van der Waals surface area contributed by atoms with Gasteiger partial charge in [-0.25, -0.2) is 0 Å². The number of benzene rings is 2. The minimum atomic E-state index is -5.76. The van der Waals surface area contributed by atoms with Crippen LogP contribution in [-0.2, 0) is 18.5 Å². The number of hydrogen-bond donors (Lipinski definition) is 1. The molecule has 0 spiro atoms. The summed E-state index contributed by atoms with van der Waals surface area (Å²) in [5.41, 5.74) is 2.57. The van der Waals surface area contributed by atoms with Crippen LogP contribution in [0.15, 0.2) is 42.5 Å². The smallest absolute Gasteiger partial charge is 0.366 e. The normalized spacial score (nSPS) is 12.9. The van der Waals surface area contributed by atoms with E-state index in [-0.39, 0.29) is 17.5 Å². The molecule has 146 valence electrons. The molecule has 0 aliphatic heterocycles. The van der Waals surface area contributed by atoms with Crippen molar-refractivity contribution in [3.05, 3.63) is 70.3 Å². The first kappa shape index (κ1) is 20.7. The summed E-state index contributed by atoms with van der Waals surface area (Å²) in [6, 6.07) is 5.35. The van der Waals surface area contributed by atoms with Crippen LogP contribution in [-0.4, -0.2) is 12.1 Å².